The smallest absolute Gasteiger partial charge is 0.140 e. The zero-order valence-corrected chi connectivity index (χ0v) is 6.33. The summed E-state index contributed by atoms with van der Waals surface area (Å²) >= 11 is 0. The number of anilines is 1. The Balaban J connectivity index is 3.15. The van der Waals surface area contributed by atoms with Crippen molar-refractivity contribution in [1.82, 2.24) is 4.98 Å². The van der Waals surface area contributed by atoms with Crippen LogP contribution in [0.3, 0.4) is 0 Å². The Labute approximate surface area is 65.5 Å². The number of pyridine rings is 1. The molecule has 0 bridgehead atoms. The van der Waals surface area contributed by atoms with E-state index in [4.69, 9.17) is 11.0 Å². The van der Waals surface area contributed by atoms with Crippen LogP contribution in [-0.2, 0) is 6.42 Å². The molecule has 0 saturated carbocycles. The summed E-state index contributed by atoms with van der Waals surface area (Å²) in [5.41, 5.74) is 7.65. The summed E-state index contributed by atoms with van der Waals surface area (Å²) in [7, 11) is 0. The molecule has 1 heterocycles. The number of aryl methyl sites for hydroxylation is 1. The molecule has 0 aliphatic heterocycles. The van der Waals surface area contributed by atoms with Crippen LogP contribution in [0.5, 0.6) is 0 Å². The maximum absolute atomic E-state index is 8.50. The first-order valence-electron chi connectivity index (χ1n) is 3.42. The van der Waals surface area contributed by atoms with Gasteiger partial charge in [0, 0.05) is 0 Å². The van der Waals surface area contributed by atoms with Crippen LogP contribution >= 0.6 is 0 Å². The SMILES string of the molecule is CCc1cc(C#N)ncc1N. The second kappa shape index (κ2) is 3.02. The molecule has 3 nitrogen and oxygen atoms in total. The minimum atomic E-state index is 0.427. The van der Waals surface area contributed by atoms with Crippen LogP contribution in [0.15, 0.2) is 12.3 Å². The monoisotopic (exact) mass is 147 g/mol. The maximum atomic E-state index is 8.50. The van der Waals surface area contributed by atoms with Gasteiger partial charge in [-0.25, -0.2) is 4.98 Å². The number of nitrogen functional groups attached to an aromatic ring is 1. The summed E-state index contributed by atoms with van der Waals surface area (Å²) in [6.07, 6.45) is 2.36. The maximum Gasteiger partial charge on any atom is 0.140 e. The highest BCUT2D eigenvalue weighted by Gasteiger charge is 1.98. The van der Waals surface area contributed by atoms with Gasteiger partial charge in [-0.05, 0) is 18.1 Å². The lowest BCUT2D eigenvalue weighted by atomic mass is 10.1. The molecule has 0 aromatic carbocycles. The van der Waals surface area contributed by atoms with E-state index < -0.39 is 0 Å². The minimum absolute atomic E-state index is 0.427. The number of nitriles is 1. The minimum Gasteiger partial charge on any atom is -0.397 e. The second-order valence-corrected chi connectivity index (χ2v) is 2.23. The molecule has 56 valence electrons. The number of aromatic nitrogens is 1. The lowest BCUT2D eigenvalue weighted by Crippen LogP contribution is -1.95. The molecular weight excluding hydrogens is 138 g/mol. The topological polar surface area (TPSA) is 62.7 Å². The van der Waals surface area contributed by atoms with Crippen molar-refractivity contribution in [1.29, 1.82) is 5.26 Å². The van der Waals surface area contributed by atoms with Crippen molar-refractivity contribution in [2.45, 2.75) is 13.3 Å². The van der Waals surface area contributed by atoms with Crippen molar-refractivity contribution in [2.24, 2.45) is 0 Å². The first-order chi connectivity index (χ1) is 5.27. The molecule has 0 aliphatic rings. The molecule has 0 unspecified atom stereocenters. The van der Waals surface area contributed by atoms with Crippen molar-refractivity contribution in [2.75, 3.05) is 5.73 Å². The Bertz CT molecular complexity index is 299. The summed E-state index contributed by atoms with van der Waals surface area (Å²) in [4.78, 5) is 3.82. The molecule has 0 radical (unpaired) electrons. The van der Waals surface area contributed by atoms with Crippen LogP contribution in [0.2, 0.25) is 0 Å². The predicted octanol–water partition coefficient (Wildman–Crippen LogP) is 1.10. The van der Waals surface area contributed by atoms with Crippen LogP contribution in [0.25, 0.3) is 0 Å². The van der Waals surface area contributed by atoms with Crippen molar-refractivity contribution in [3.05, 3.63) is 23.5 Å². The molecule has 1 aromatic rings. The third-order valence-electron chi connectivity index (χ3n) is 1.52. The number of nitrogens with zero attached hydrogens (tertiary/aromatic N) is 2. The number of rotatable bonds is 1. The second-order valence-electron chi connectivity index (χ2n) is 2.23. The predicted molar refractivity (Wildman–Crippen MR) is 42.7 cm³/mol. The molecule has 0 saturated heterocycles. The van der Waals surface area contributed by atoms with Crippen LogP contribution in [0.4, 0.5) is 5.69 Å². The quantitative estimate of drug-likeness (QED) is 0.646. The van der Waals surface area contributed by atoms with Crippen molar-refractivity contribution >= 4 is 5.69 Å². The van der Waals surface area contributed by atoms with Crippen molar-refractivity contribution < 1.29 is 0 Å². The van der Waals surface area contributed by atoms with Gasteiger partial charge in [0.15, 0.2) is 0 Å². The summed E-state index contributed by atoms with van der Waals surface area (Å²) in [6, 6.07) is 3.68. The van der Waals surface area contributed by atoms with Gasteiger partial charge in [-0.15, -0.1) is 0 Å². The van der Waals surface area contributed by atoms with Crippen molar-refractivity contribution in [3.8, 4) is 6.07 Å². The highest BCUT2D eigenvalue weighted by atomic mass is 14.7. The third-order valence-corrected chi connectivity index (χ3v) is 1.52. The van der Waals surface area contributed by atoms with E-state index in [9.17, 15) is 0 Å². The van der Waals surface area contributed by atoms with Gasteiger partial charge in [0.2, 0.25) is 0 Å². The van der Waals surface area contributed by atoms with E-state index in [1.807, 2.05) is 13.0 Å². The largest absolute Gasteiger partial charge is 0.397 e. The van der Waals surface area contributed by atoms with Crippen molar-refractivity contribution in [3.63, 3.8) is 0 Å². The molecule has 1 aromatic heterocycles. The summed E-state index contributed by atoms with van der Waals surface area (Å²) < 4.78 is 0. The van der Waals surface area contributed by atoms with Crippen LogP contribution in [0, 0.1) is 11.3 Å². The Morgan fingerprint density at radius 1 is 1.73 bits per heavy atom. The highest BCUT2D eigenvalue weighted by Crippen LogP contribution is 2.10. The van der Waals surface area contributed by atoms with Gasteiger partial charge in [-0.3, -0.25) is 0 Å². The zero-order valence-electron chi connectivity index (χ0n) is 6.33. The standard InChI is InChI=1S/C8H9N3/c1-2-6-3-7(4-9)11-5-8(6)10/h3,5H,2,10H2,1H3. The van der Waals surface area contributed by atoms with E-state index in [0.717, 1.165) is 12.0 Å². The number of hydrogen-bond donors (Lipinski definition) is 1. The lowest BCUT2D eigenvalue weighted by molar-refractivity contribution is 1.11. The highest BCUT2D eigenvalue weighted by molar-refractivity contribution is 5.46. The fraction of sp³-hybridized carbons (Fsp3) is 0.250. The third kappa shape index (κ3) is 1.47. The average Bonchev–Trinajstić information content (AvgIpc) is 2.05. The van der Waals surface area contributed by atoms with Gasteiger partial charge in [-0.2, -0.15) is 5.26 Å². The van der Waals surface area contributed by atoms with Gasteiger partial charge < -0.3 is 5.73 Å². The van der Waals surface area contributed by atoms with Crippen LogP contribution < -0.4 is 5.73 Å². The van der Waals surface area contributed by atoms with E-state index in [0.29, 0.717) is 11.4 Å². The molecule has 0 fully saturated rings. The van der Waals surface area contributed by atoms with E-state index in [1.165, 1.54) is 6.20 Å². The molecule has 2 N–H and O–H groups in total. The molecule has 0 atom stereocenters. The Morgan fingerprint density at radius 2 is 2.45 bits per heavy atom. The Hall–Kier alpha value is -1.56. The van der Waals surface area contributed by atoms with Gasteiger partial charge in [-0.1, -0.05) is 6.92 Å². The molecule has 1 rings (SSSR count). The van der Waals surface area contributed by atoms with Gasteiger partial charge >= 0.3 is 0 Å². The summed E-state index contributed by atoms with van der Waals surface area (Å²) in [5, 5.41) is 8.50. The van der Waals surface area contributed by atoms with E-state index >= 15 is 0 Å². The van der Waals surface area contributed by atoms with E-state index in [-0.39, 0.29) is 0 Å². The number of nitrogens with two attached hydrogens (primary N) is 1. The summed E-state index contributed by atoms with van der Waals surface area (Å²) in [6.45, 7) is 1.99. The zero-order chi connectivity index (χ0) is 8.27. The fourth-order valence-electron chi connectivity index (χ4n) is 0.875. The Morgan fingerprint density at radius 3 is 3.00 bits per heavy atom. The number of hydrogen-bond acceptors (Lipinski definition) is 3. The van der Waals surface area contributed by atoms with E-state index in [1.54, 1.807) is 6.07 Å². The normalized spacial score (nSPS) is 9.09. The van der Waals surface area contributed by atoms with Gasteiger partial charge in [0.1, 0.15) is 11.8 Å². The molecular formula is C8H9N3. The average molecular weight is 147 g/mol. The fourth-order valence-corrected chi connectivity index (χ4v) is 0.875. The molecule has 0 amide bonds. The molecule has 0 spiro atoms. The molecule has 0 aliphatic carbocycles. The summed E-state index contributed by atoms with van der Waals surface area (Å²) in [5.74, 6) is 0. The van der Waals surface area contributed by atoms with E-state index in [2.05, 4.69) is 4.98 Å². The van der Waals surface area contributed by atoms with Gasteiger partial charge in [0.05, 0.1) is 11.9 Å². The molecule has 3 heteroatoms. The first kappa shape index (κ1) is 7.55. The van der Waals surface area contributed by atoms with Crippen LogP contribution in [-0.4, -0.2) is 4.98 Å². The molecule has 11 heavy (non-hydrogen) atoms. The van der Waals surface area contributed by atoms with Crippen LogP contribution in [0.1, 0.15) is 18.2 Å². The Kier molecular flexibility index (Phi) is 2.07. The lowest BCUT2D eigenvalue weighted by Gasteiger charge is -2.00. The van der Waals surface area contributed by atoms with Gasteiger partial charge in [0.25, 0.3) is 0 Å². The first-order valence-corrected chi connectivity index (χ1v) is 3.42.